The van der Waals surface area contributed by atoms with E-state index in [0.717, 1.165) is 0 Å². The summed E-state index contributed by atoms with van der Waals surface area (Å²) in [5, 5.41) is 0. The third kappa shape index (κ3) is 1.53. The minimum Gasteiger partial charge on any atom is -0.419 e. The van der Waals surface area contributed by atoms with Gasteiger partial charge in [-0.2, -0.15) is 0 Å². The van der Waals surface area contributed by atoms with Gasteiger partial charge in [-0.15, -0.1) is 0 Å². The fourth-order valence-electron chi connectivity index (χ4n) is 1.46. The highest BCUT2D eigenvalue weighted by Crippen LogP contribution is 2.29. The first-order valence-electron chi connectivity index (χ1n) is 3.92. The van der Waals surface area contributed by atoms with Crippen LogP contribution in [0.2, 0.25) is 0 Å². The number of amides is 1. The molecule has 1 saturated heterocycles. The second-order valence-corrected chi connectivity index (χ2v) is 3.80. The SMILES string of the molecule is COC1OC(=O)N(C)CC1(C)C. The molecule has 0 bridgehead atoms. The summed E-state index contributed by atoms with van der Waals surface area (Å²) in [5.74, 6) is 0. The van der Waals surface area contributed by atoms with Gasteiger partial charge in [0.15, 0.2) is 0 Å². The van der Waals surface area contributed by atoms with Crippen LogP contribution in [0.5, 0.6) is 0 Å². The van der Waals surface area contributed by atoms with Crippen LogP contribution in [0.25, 0.3) is 0 Å². The lowest BCUT2D eigenvalue weighted by atomic mass is 9.91. The van der Waals surface area contributed by atoms with Crippen molar-refractivity contribution in [2.75, 3.05) is 20.7 Å². The van der Waals surface area contributed by atoms with Crippen LogP contribution in [0.1, 0.15) is 13.8 Å². The van der Waals surface area contributed by atoms with Crippen molar-refractivity contribution in [3.8, 4) is 0 Å². The van der Waals surface area contributed by atoms with E-state index in [2.05, 4.69) is 0 Å². The maximum absolute atomic E-state index is 11.1. The number of carbonyl (C=O) groups excluding carboxylic acids is 1. The van der Waals surface area contributed by atoms with E-state index in [0.29, 0.717) is 6.54 Å². The molecule has 0 saturated carbocycles. The first kappa shape index (κ1) is 9.32. The topological polar surface area (TPSA) is 38.8 Å². The summed E-state index contributed by atoms with van der Waals surface area (Å²) in [5.41, 5.74) is -0.141. The molecule has 0 aromatic rings. The number of hydrogen-bond acceptors (Lipinski definition) is 3. The van der Waals surface area contributed by atoms with Crippen molar-refractivity contribution in [2.45, 2.75) is 20.1 Å². The molecule has 1 aliphatic rings. The van der Waals surface area contributed by atoms with Gasteiger partial charge < -0.3 is 14.4 Å². The molecule has 1 atom stereocenters. The molecule has 0 aromatic heterocycles. The van der Waals surface area contributed by atoms with Crippen molar-refractivity contribution in [3.05, 3.63) is 0 Å². The van der Waals surface area contributed by atoms with E-state index < -0.39 is 6.29 Å². The van der Waals surface area contributed by atoms with Crippen molar-refractivity contribution in [2.24, 2.45) is 5.41 Å². The highest BCUT2D eigenvalue weighted by atomic mass is 16.7. The van der Waals surface area contributed by atoms with Gasteiger partial charge in [0.25, 0.3) is 0 Å². The third-order valence-corrected chi connectivity index (χ3v) is 2.02. The van der Waals surface area contributed by atoms with Gasteiger partial charge in [-0.25, -0.2) is 4.79 Å². The number of carbonyl (C=O) groups is 1. The maximum Gasteiger partial charge on any atom is 0.411 e. The van der Waals surface area contributed by atoms with Crippen molar-refractivity contribution >= 4 is 6.09 Å². The number of hydrogen-bond donors (Lipinski definition) is 0. The van der Waals surface area contributed by atoms with E-state index >= 15 is 0 Å². The molecule has 1 heterocycles. The van der Waals surface area contributed by atoms with Crippen LogP contribution in [-0.2, 0) is 9.47 Å². The van der Waals surface area contributed by atoms with Crippen molar-refractivity contribution in [1.82, 2.24) is 4.90 Å². The molecule has 1 unspecified atom stereocenters. The zero-order valence-corrected chi connectivity index (χ0v) is 7.96. The van der Waals surface area contributed by atoms with Crippen molar-refractivity contribution < 1.29 is 14.3 Å². The summed E-state index contributed by atoms with van der Waals surface area (Å²) in [6.07, 6.45) is -0.748. The molecule has 1 aliphatic heterocycles. The Balaban J connectivity index is 2.72. The summed E-state index contributed by atoms with van der Waals surface area (Å²) in [6.45, 7) is 4.67. The lowest BCUT2D eigenvalue weighted by Gasteiger charge is -2.40. The Bertz CT molecular complexity index is 191. The Morgan fingerprint density at radius 3 is 2.75 bits per heavy atom. The number of ether oxygens (including phenoxy) is 2. The Hall–Kier alpha value is -0.770. The molecule has 0 aromatic carbocycles. The lowest BCUT2D eigenvalue weighted by Crippen LogP contribution is -2.51. The van der Waals surface area contributed by atoms with Gasteiger partial charge in [-0.3, -0.25) is 0 Å². The smallest absolute Gasteiger partial charge is 0.411 e. The van der Waals surface area contributed by atoms with E-state index in [1.807, 2.05) is 13.8 Å². The van der Waals surface area contributed by atoms with Crippen LogP contribution in [0.4, 0.5) is 4.79 Å². The molecule has 70 valence electrons. The Morgan fingerprint density at radius 2 is 2.25 bits per heavy atom. The van der Waals surface area contributed by atoms with E-state index in [1.165, 1.54) is 0 Å². The monoisotopic (exact) mass is 173 g/mol. The number of rotatable bonds is 1. The van der Waals surface area contributed by atoms with Crippen LogP contribution in [0, 0.1) is 5.41 Å². The van der Waals surface area contributed by atoms with Crippen LogP contribution >= 0.6 is 0 Å². The third-order valence-electron chi connectivity index (χ3n) is 2.02. The fraction of sp³-hybridized carbons (Fsp3) is 0.875. The predicted molar refractivity (Wildman–Crippen MR) is 43.7 cm³/mol. The number of methoxy groups -OCH3 is 1. The molecule has 0 N–H and O–H groups in total. The summed E-state index contributed by atoms with van der Waals surface area (Å²) >= 11 is 0. The van der Waals surface area contributed by atoms with Crippen molar-refractivity contribution in [1.29, 1.82) is 0 Å². The van der Waals surface area contributed by atoms with Gasteiger partial charge in [0.1, 0.15) is 0 Å². The quantitative estimate of drug-likeness (QED) is 0.595. The molecule has 0 aliphatic carbocycles. The second kappa shape index (κ2) is 2.94. The van der Waals surface area contributed by atoms with Crippen LogP contribution in [-0.4, -0.2) is 38.0 Å². The van der Waals surface area contributed by atoms with Gasteiger partial charge in [0, 0.05) is 26.1 Å². The highest BCUT2D eigenvalue weighted by molar-refractivity contribution is 5.68. The Kier molecular flexibility index (Phi) is 2.28. The zero-order valence-electron chi connectivity index (χ0n) is 7.96. The molecule has 0 radical (unpaired) electrons. The van der Waals surface area contributed by atoms with Crippen LogP contribution in [0.3, 0.4) is 0 Å². The van der Waals surface area contributed by atoms with Gasteiger partial charge >= 0.3 is 6.09 Å². The normalized spacial score (nSPS) is 28.5. The van der Waals surface area contributed by atoms with E-state index in [4.69, 9.17) is 9.47 Å². The minimum absolute atomic E-state index is 0.141. The first-order valence-corrected chi connectivity index (χ1v) is 3.92. The molecular weight excluding hydrogens is 158 g/mol. The largest absolute Gasteiger partial charge is 0.419 e. The Labute approximate surface area is 72.4 Å². The summed E-state index contributed by atoms with van der Waals surface area (Å²) in [7, 11) is 3.26. The molecule has 12 heavy (non-hydrogen) atoms. The van der Waals surface area contributed by atoms with Gasteiger partial charge in [0.05, 0.1) is 0 Å². The molecule has 1 amide bonds. The summed E-state index contributed by atoms with van der Waals surface area (Å²) in [6, 6.07) is 0. The fourth-order valence-corrected chi connectivity index (χ4v) is 1.46. The Morgan fingerprint density at radius 1 is 1.67 bits per heavy atom. The molecule has 1 rings (SSSR count). The summed E-state index contributed by atoms with van der Waals surface area (Å²) < 4.78 is 10.1. The van der Waals surface area contributed by atoms with Crippen LogP contribution < -0.4 is 0 Å². The molecule has 1 fully saturated rings. The number of nitrogens with zero attached hydrogens (tertiary/aromatic N) is 1. The lowest BCUT2D eigenvalue weighted by molar-refractivity contribution is -0.179. The van der Waals surface area contributed by atoms with Gasteiger partial charge in [-0.05, 0) is 0 Å². The molecule has 4 heteroatoms. The number of cyclic esters (lactones) is 1. The average molecular weight is 173 g/mol. The van der Waals surface area contributed by atoms with E-state index in [1.54, 1.807) is 19.1 Å². The summed E-state index contributed by atoms with van der Waals surface area (Å²) in [4.78, 5) is 12.6. The molecule has 4 nitrogen and oxygen atoms in total. The standard InChI is InChI=1S/C8H15NO3/c1-8(2)5-9(3)7(10)12-6(8)11-4/h6H,5H2,1-4H3. The molecule has 0 spiro atoms. The minimum atomic E-state index is -0.429. The zero-order chi connectivity index (χ0) is 9.35. The van der Waals surface area contributed by atoms with E-state index in [-0.39, 0.29) is 11.5 Å². The van der Waals surface area contributed by atoms with Gasteiger partial charge in [0.2, 0.25) is 6.29 Å². The van der Waals surface area contributed by atoms with Crippen molar-refractivity contribution in [3.63, 3.8) is 0 Å². The van der Waals surface area contributed by atoms with Crippen LogP contribution in [0.15, 0.2) is 0 Å². The highest BCUT2D eigenvalue weighted by Gasteiger charge is 2.40. The average Bonchev–Trinajstić information content (AvgIpc) is 1.96. The van der Waals surface area contributed by atoms with E-state index in [9.17, 15) is 4.79 Å². The first-order chi connectivity index (χ1) is 5.47. The maximum atomic E-state index is 11.1. The predicted octanol–water partition coefficient (Wildman–Crippen LogP) is 1.07. The molecular formula is C8H15NO3. The second-order valence-electron chi connectivity index (χ2n) is 3.80. The van der Waals surface area contributed by atoms with Gasteiger partial charge in [-0.1, -0.05) is 13.8 Å².